The number of hydrogen-bond donors (Lipinski definition) is 0. The molecule has 1 saturated heterocycles. The molecule has 1 aliphatic rings. The molecule has 0 unspecified atom stereocenters. The number of rotatable bonds is 2. The summed E-state index contributed by atoms with van der Waals surface area (Å²) in [7, 11) is 0. The maximum absolute atomic E-state index is 12.6. The van der Waals surface area contributed by atoms with Crippen LogP contribution in [0.2, 0.25) is 5.02 Å². The van der Waals surface area contributed by atoms with Gasteiger partial charge in [-0.15, -0.1) is 0 Å². The van der Waals surface area contributed by atoms with Crippen molar-refractivity contribution in [1.29, 1.82) is 5.26 Å². The number of aromatic nitrogens is 1. The van der Waals surface area contributed by atoms with Crippen molar-refractivity contribution < 1.29 is 13.2 Å². The van der Waals surface area contributed by atoms with Crippen molar-refractivity contribution in [2.24, 2.45) is 0 Å². The van der Waals surface area contributed by atoms with Crippen LogP contribution in [0.25, 0.3) is 0 Å². The summed E-state index contributed by atoms with van der Waals surface area (Å²) in [6.45, 7) is 4.26. The molecule has 4 nitrogen and oxygen atoms in total. The minimum atomic E-state index is -4.45. The summed E-state index contributed by atoms with van der Waals surface area (Å²) in [5.74, 6) is 0.355. The standard InChI is InChI=1S/C13H14ClF3N4/c1-9(7-18)20-2-4-21(5-3-20)12-11(14)6-10(8-19-12)13(15,16)17/h6,8-9H,2-5H2,1H3/t9-/m0/s1. The highest BCUT2D eigenvalue weighted by Gasteiger charge is 2.32. The predicted octanol–water partition coefficient (Wildman–Crippen LogP) is 2.79. The van der Waals surface area contributed by atoms with Gasteiger partial charge in [-0.2, -0.15) is 18.4 Å². The molecule has 2 heterocycles. The Balaban J connectivity index is 2.09. The fourth-order valence-electron chi connectivity index (χ4n) is 2.22. The molecule has 0 N–H and O–H groups in total. The number of nitrogens with zero attached hydrogens (tertiary/aromatic N) is 4. The van der Waals surface area contributed by atoms with E-state index >= 15 is 0 Å². The molecule has 114 valence electrons. The van der Waals surface area contributed by atoms with Crippen LogP contribution in [0.5, 0.6) is 0 Å². The molecular weight excluding hydrogens is 305 g/mol. The van der Waals surface area contributed by atoms with Gasteiger partial charge in [0.2, 0.25) is 0 Å². The summed E-state index contributed by atoms with van der Waals surface area (Å²) in [5.41, 5.74) is -0.854. The minimum Gasteiger partial charge on any atom is -0.353 e. The van der Waals surface area contributed by atoms with E-state index in [-0.39, 0.29) is 11.1 Å². The van der Waals surface area contributed by atoms with Crippen molar-refractivity contribution in [3.8, 4) is 6.07 Å². The third-order valence-corrected chi connectivity index (χ3v) is 3.78. The molecule has 1 fully saturated rings. The van der Waals surface area contributed by atoms with Crippen LogP contribution in [0.4, 0.5) is 19.0 Å². The number of piperazine rings is 1. The highest BCUT2D eigenvalue weighted by Crippen LogP contribution is 2.33. The lowest BCUT2D eigenvalue weighted by Gasteiger charge is -2.36. The second-order valence-electron chi connectivity index (χ2n) is 4.86. The first-order valence-corrected chi connectivity index (χ1v) is 6.82. The summed E-state index contributed by atoms with van der Waals surface area (Å²) in [6.07, 6.45) is -3.65. The van der Waals surface area contributed by atoms with Crippen molar-refractivity contribution in [2.75, 3.05) is 31.1 Å². The van der Waals surface area contributed by atoms with Gasteiger partial charge in [0.05, 0.1) is 22.7 Å². The molecule has 0 spiro atoms. The summed E-state index contributed by atoms with van der Waals surface area (Å²) >= 11 is 5.92. The molecule has 2 rings (SSSR count). The molecule has 0 aliphatic carbocycles. The summed E-state index contributed by atoms with van der Waals surface area (Å²) in [4.78, 5) is 7.69. The summed E-state index contributed by atoms with van der Waals surface area (Å²) in [5, 5.41) is 8.87. The van der Waals surface area contributed by atoms with Gasteiger partial charge in [0.1, 0.15) is 5.82 Å². The van der Waals surface area contributed by atoms with Gasteiger partial charge >= 0.3 is 6.18 Å². The molecule has 21 heavy (non-hydrogen) atoms. The first kappa shape index (κ1) is 15.9. The zero-order chi connectivity index (χ0) is 15.6. The van der Waals surface area contributed by atoms with Crippen LogP contribution in [0, 0.1) is 11.3 Å². The van der Waals surface area contributed by atoms with Crippen LogP contribution < -0.4 is 4.90 Å². The molecule has 0 aromatic carbocycles. The van der Waals surface area contributed by atoms with Crippen molar-refractivity contribution in [1.82, 2.24) is 9.88 Å². The molecule has 1 atom stereocenters. The first-order valence-electron chi connectivity index (χ1n) is 6.44. The molecule has 1 aliphatic heterocycles. The van der Waals surface area contributed by atoms with Gasteiger partial charge in [0.15, 0.2) is 0 Å². The van der Waals surface area contributed by atoms with Gasteiger partial charge < -0.3 is 4.90 Å². The van der Waals surface area contributed by atoms with E-state index in [1.807, 2.05) is 16.7 Å². The lowest BCUT2D eigenvalue weighted by atomic mass is 10.2. The number of anilines is 1. The molecule has 1 aromatic rings. The van der Waals surface area contributed by atoms with Gasteiger partial charge in [-0.1, -0.05) is 11.6 Å². The Bertz CT molecular complexity index is 547. The van der Waals surface area contributed by atoms with Crippen molar-refractivity contribution in [2.45, 2.75) is 19.1 Å². The highest BCUT2D eigenvalue weighted by atomic mass is 35.5. The Labute approximate surface area is 125 Å². The van der Waals surface area contributed by atoms with E-state index in [0.29, 0.717) is 32.0 Å². The van der Waals surface area contributed by atoms with Crippen LogP contribution in [0.1, 0.15) is 12.5 Å². The topological polar surface area (TPSA) is 43.2 Å². The molecule has 0 amide bonds. The number of pyridine rings is 1. The lowest BCUT2D eigenvalue weighted by molar-refractivity contribution is -0.137. The highest BCUT2D eigenvalue weighted by molar-refractivity contribution is 6.33. The monoisotopic (exact) mass is 318 g/mol. The Morgan fingerprint density at radius 1 is 1.33 bits per heavy atom. The minimum absolute atomic E-state index is 0.00777. The van der Waals surface area contributed by atoms with E-state index in [0.717, 1.165) is 12.3 Å². The van der Waals surface area contributed by atoms with E-state index < -0.39 is 11.7 Å². The largest absolute Gasteiger partial charge is 0.417 e. The second kappa shape index (κ2) is 6.08. The van der Waals surface area contributed by atoms with Crippen molar-refractivity contribution in [3.05, 3.63) is 22.8 Å². The number of alkyl halides is 3. The third-order valence-electron chi connectivity index (χ3n) is 3.50. The van der Waals surface area contributed by atoms with Crippen molar-refractivity contribution >= 4 is 17.4 Å². The normalized spacial score (nSPS) is 18.4. The van der Waals surface area contributed by atoms with E-state index in [2.05, 4.69) is 11.1 Å². The van der Waals surface area contributed by atoms with Crippen LogP contribution in [-0.4, -0.2) is 42.1 Å². The zero-order valence-electron chi connectivity index (χ0n) is 11.4. The fraction of sp³-hybridized carbons (Fsp3) is 0.538. The van der Waals surface area contributed by atoms with Gasteiger partial charge in [-0.3, -0.25) is 4.90 Å². The van der Waals surface area contributed by atoms with E-state index in [1.54, 1.807) is 0 Å². The maximum Gasteiger partial charge on any atom is 0.417 e. The smallest absolute Gasteiger partial charge is 0.353 e. The van der Waals surface area contributed by atoms with Crippen LogP contribution in [-0.2, 0) is 6.18 Å². The van der Waals surface area contributed by atoms with Gasteiger partial charge in [0, 0.05) is 32.4 Å². The van der Waals surface area contributed by atoms with Gasteiger partial charge in [-0.05, 0) is 13.0 Å². The SMILES string of the molecule is C[C@@H](C#N)N1CCN(c2ncc(C(F)(F)F)cc2Cl)CC1. The van der Waals surface area contributed by atoms with E-state index in [4.69, 9.17) is 16.9 Å². The van der Waals surface area contributed by atoms with Gasteiger partial charge in [-0.25, -0.2) is 4.98 Å². The Morgan fingerprint density at radius 2 is 1.95 bits per heavy atom. The Hall–Kier alpha value is -1.52. The number of halogens is 4. The van der Waals surface area contributed by atoms with E-state index in [9.17, 15) is 13.2 Å². The Kier molecular flexibility index (Phi) is 4.59. The van der Waals surface area contributed by atoms with Gasteiger partial charge in [0.25, 0.3) is 0 Å². The maximum atomic E-state index is 12.6. The molecular formula is C13H14ClF3N4. The first-order chi connectivity index (χ1) is 9.82. The second-order valence-corrected chi connectivity index (χ2v) is 5.26. The molecule has 0 saturated carbocycles. The molecule has 8 heteroatoms. The van der Waals surface area contributed by atoms with Crippen LogP contribution in [0.15, 0.2) is 12.3 Å². The molecule has 1 aromatic heterocycles. The predicted molar refractivity (Wildman–Crippen MR) is 73.1 cm³/mol. The zero-order valence-corrected chi connectivity index (χ0v) is 12.1. The van der Waals surface area contributed by atoms with Crippen LogP contribution >= 0.6 is 11.6 Å². The summed E-state index contributed by atoms with van der Waals surface area (Å²) < 4.78 is 37.7. The lowest BCUT2D eigenvalue weighted by Crippen LogP contribution is -2.49. The van der Waals surface area contributed by atoms with E-state index in [1.165, 1.54) is 0 Å². The quantitative estimate of drug-likeness (QED) is 0.841. The Morgan fingerprint density at radius 3 is 2.43 bits per heavy atom. The average molecular weight is 319 g/mol. The molecule has 0 radical (unpaired) electrons. The van der Waals surface area contributed by atoms with Crippen molar-refractivity contribution in [3.63, 3.8) is 0 Å². The van der Waals surface area contributed by atoms with Crippen LogP contribution in [0.3, 0.4) is 0 Å². The average Bonchev–Trinajstić information content (AvgIpc) is 2.45. The summed E-state index contributed by atoms with van der Waals surface area (Å²) in [6, 6.07) is 2.88. The third kappa shape index (κ3) is 3.57. The number of hydrogen-bond acceptors (Lipinski definition) is 4. The molecule has 0 bridgehead atoms. The fourth-order valence-corrected chi connectivity index (χ4v) is 2.51. The number of nitriles is 1.